The lowest BCUT2D eigenvalue weighted by Gasteiger charge is -2.26. The molecule has 0 unspecified atom stereocenters. The third kappa shape index (κ3) is 7.89. The number of nitrogens with zero attached hydrogens (tertiary/aromatic N) is 3. The normalized spacial score (nSPS) is 15.7. The van der Waals surface area contributed by atoms with Gasteiger partial charge in [0.15, 0.2) is 5.17 Å². The van der Waals surface area contributed by atoms with Crippen LogP contribution >= 0.6 is 11.8 Å². The predicted molar refractivity (Wildman–Crippen MR) is 121 cm³/mol. The molecule has 0 amide bonds. The zero-order valence-electron chi connectivity index (χ0n) is 16.6. The van der Waals surface area contributed by atoms with Gasteiger partial charge in [0.1, 0.15) is 5.75 Å². The Hall–Kier alpha value is -2.35. The predicted octanol–water partition coefficient (Wildman–Crippen LogP) is 3.37. The number of amidine groups is 1. The summed E-state index contributed by atoms with van der Waals surface area (Å²) >= 11 is 1.47. The molecule has 6 nitrogen and oxygen atoms in total. The van der Waals surface area contributed by atoms with E-state index in [4.69, 9.17) is 15.2 Å². The van der Waals surface area contributed by atoms with Crippen LogP contribution in [0.1, 0.15) is 17.5 Å². The Morgan fingerprint density at radius 2 is 1.86 bits per heavy atom. The average molecular weight is 413 g/mol. The number of hydrogen-bond acceptors (Lipinski definition) is 6. The maximum absolute atomic E-state index is 5.96. The smallest absolute Gasteiger partial charge is 0.180 e. The van der Waals surface area contributed by atoms with Gasteiger partial charge in [0.2, 0.25) is 0 Å². The van der Waals surface area contributed by atoms with Crippen LogP contribution in [0.3, 0.4) is 0 Å². The number of benzene rings is 2. The molecule has 1 aliphatic rings. The summed E-state index contributed by atoms with van der Waals surface area (Å²) in [6.07, 6.45) is 2.67. The molecule has 1 aliphatic heterocycles. The van der Waals surface area contributed by atoms with E-state index in [1.54, 1.807) is 6.21 Å². The van der Waals surface area contributed by atoms with E-state index in [9.17, 15) is 0 Å². The Kier molecular flexibility index (Phi) is 9.03. The molecule has 0 bridgehead atoms. The van der Waals surface area contributed by atoms with E-state index in [1.165, 1.54) is 17.3 Å². The minimum atomic E-state index is 0.439. The van der Waals surface area contributed by atoms with Crippen molar-refractivity contribution < 1.29 is 9.47 Å². The molecular formula is C22H28N4O2S. The second-order valence-electron chi connectivity index (χ2n) is 6.65. The minimum Gasteiger partial charge on any atom is -0.493 e. The summed E-state index contributed by atoms with van der Waals surface area (Å²) in [4.78, 5) is 2.41. The second-order valence-corrected chi connectivity index (χ2v) is 7.65. The Labute approximate surface area is 176 Å². The molecule has 2 N–H and O–H groups in total. The molecule has 1 fully saturated rings. The number of hydrogen-bond donors (Lipinski definition) is 1. The van der Waals surface area contributed by atoms with Crippen molar-refractivity contribution in [3.63, 3.8) is 0 Å². The molecule has 2 aromatic carbocycles. The molecule has 1 saturated heterocycles. The lowest BCUT2D eigenvalue weighted by molar-refractivity contribution is 0.0358. The Balaban J connectivity index is 1.44. The first-order chi connectivity index (χ1) is 14.3. The average Bonchev–Trinajstić information content (AvgIpc) is 2.78. The van der Waals surface area contributed by atoms with Crippen molar-refractivity contribution in [3.8, 4) is 5.75 Å². The van der Waals surface area contributed by atoms with E-state index >= 15 is 0 Å². The van der Waals surface area contributed by atoms with Crippen molar-refractivity contribution in [2.45, 2.75) is 12.2 Å². The topological polar surface area (TPSA) is 72.4 Å². The number of morpholine rings is 1. The number of rotatable bonds is 9. The second kappa shape index (κ2) is 12.3. The molecule has 154 valence electrons. The van der Waals surface area contributed by atoms with Gasteiger partial charge in [-0.3, -0.25) is 4.90 Å². The zero-order valence-corrected chi connectivity index (χ0v) is 17.4. The molecule has 3 rings (SSSR count). The maximum Gasteiger partial charge on any atom is 0.180 e. The van der Waals surface area contributed by atoms with Crippen molar-refractivity contribution in [1.29, 1.82) is 0 Å². The van der Waals surface area contributed by atoms with Crippen LogP contribution in [-0.4, -0.2) is 55.7 Å². The summed E-state index contributed by atoms with van der Waals surface area (Å²) in [6.45, 7) is 5.36. The van der Waals surface area contributed by atoms with Gasteiger partial charge in [0.05, 0.1) is 26.0 Å². The van der Waals surface area contributed by atoms with Crippen molar-refractivity contribution >= 4 is 23.1 Å². The molecule has 0 aromatic heterocycles. The number of para-hydroxylation sites is 1. The third-order valence-electron chi connectivity index (χ3n) is 4.48. The first-order valence-electron chi connectivity index (χ1n) is 9.86. The summed E-state index contributed by atoms with van der Waals surface area (Å²) in [7, 11) is 0. The molecule has 0 radical (unpaired) electrons. The van der Waals surface area contributed by atoms with Crippen molar-refractivity contribution in [2.24, 2.45) is 15.9 Å². The van der Waals surface area contributed by atoms with Crippen molar-refractivity contribution in [3.05, 3.63) is 65.7 Å². The molecule has 2 aromatic rings. The molecule has 7 heteroatoms. The van der Waals surface area contributed by atoms with Gasteiger partial charge in [-0.15, -0.1) is 5.10 Å². The summed E-state index contributed by atoms with van der Waals surface area (Å²) in [5.74, 6) is 1.58. The van der Waals surface area contributed by atoms with Crippen LogP contribution < -0.4 is 10.5 Å². The van der Waals surface area contributed by atoms with Crippen LogP contribution in [0.5, 0.6) is 5.75 Å². The number of nitrogens with two attached hydrogens (primary N) is 1. The van der Waals surface area contributed by atoms with Crippen LogP contribution in [0.25, 0.3) is 0 Å². The van der Waals surface area contributed by atoms with Gasteiger partial charge in [-0.05, 0) is 24.1 Å². The lowest BCUT2D eigenvalue weighted by Crippen LogP contribution is -2.37. The lowest BCUT2D eigenvalue weighted by atomic mass is 10.2. The summed E-state index contributed by atoms with van der Waals surface area (Å²) < 4.78 is 11.3. The largest absolute Gasteiger partial charge is 0.493 e. The van der Waals surface area contributed by atoms with Crippen molar-refractivity contribution in [2.75, 3.05) is 39.5 Å². The summed E-state index contributed by atoms with van der Waals surface area (Å²) in [5, 5.41) is 8.66. The van der Waals surface area contributed by atoms with Crippen LogP contribution in [0.15, 0.2) is 64.8 Å². The van der Waals surface area contributed by atoms with Gasteiger partial charge in [0, 0.05) is 31.0 Å². The van der Waals surface area contributed by atoms with Crippen LogP contribution in [0.2, 0.25) is 0 Å². The highest BCUT2D eigenvalue weighted by molar-refractivity contribution is 8.13. The molecule has 0 spiro atoms. The fourth-order valence-corrected chi connectivity index (χ4v) is 3.53. The highest BCUT2D eigenvalue weighted by Crippen LogP contribution is 2.17. The van der Waals surface area contributed by atoms with E-state index in [2.05, 4.69) is 27.2 Å². The zero-order chi connectivity index (χ0) is 20.2. The fraction of sp³-hybridized carbons (Fsp3) is 0.364. The van der Waals surface area contributed by atoms with E-state index in [0.29, 0.717) is 11.8 Å². The number of thioether (sulfide) groups is 1. The van der Waals surface area contributed by atoms with Crippen LogP contribution in [0.4, 0.5) is 0 Å². The molecule has 0 atom stereocenters. The first-order valence-corrected chi connectivity index (χ1v) is 10.8. The quantitative estimate of drug-likeness (QED) is 0.296. The highest BCUT2D eigenvalue weighted by atomic mass is 32.2. The third-order valence-corrected chi connectivity index (χ3v) is 5.34. The molecule has 0 saturated carbocycles. The monoisotopic (exact) mass is 412 g/mol. The Bertz CT molecular complexity index is 792. The maximum atomic E-state index is 5.96. The Morgan fingerprint density at radius 1 is 1.10 bits per heavy atom. The van der Waals surface area contributed by atoms with Gasteiger partial charge in [-0.1, -0.05) is 54.2 Å². The first kappa shape index (κ1) is 21.4. The summed E-state index contributed by atoms with van der Waals surface area (Å²) in [6, 6.07) is 18.0. The van der Waals surface area contributed by atoms with Gasteiger partial charge in [0.25, 0.3) is 0 Å². The molecule has 1 heterocycles. The molecule has 0 aliphatic carbocycles. The minimum absolute atomic E-state index is 0.439. The van der Waals surface area contributed by atoms with Crippen LogP contribution in [0, 0.1) is 0 Å². The Morgan fingerprint density at radius 3 is 2.69 bits per heavy atom. The molecular weight excluding hydrogens is 384 g/mol. The standard InChI is InChI=1S/C22H28N4O2S/c23-22(29-18-19-7-2-1-3-8-19)25-24-17-20-9-4-5-10-21(20)28-14-6-11-26-12-15-27-16-13-26/h1-5,7-10,17H,6,11-16,18H2,(H2,23,25). The highest BCUT2D eigenvalue weighted by Gasteiger charge is 2.09. The summed E-state index contributed by atoms with van der Waals surface area (Å²) in [5.41, 5.74) is 8.04. The fourth-order valence-electron chi connectivity index (χ4n) is 2.92. The van der Waals surface area contributed by atoms with E-state index in [1.807, 2.05) is 42.5 Å². The number of ether oxygens (including phenoxy) is 2. The van der Waals surface area contributed by atoms with Gasteiger partial charge in [-0.25, -0.2) is 0 Å². The van der Waals surface area contributed by atoms with Gasteiger partial charge < -0.3 is 15.2 Å². The SMILES string of the molecule is NC(=NN=Cc1ccccc1OCCCN1CCOCC1)SCc1ccccc1. The van der Waals surface area contributed by atoms with Gasteiger partial charge >= 0.3 is 0 Å². The van der Waals surface area contributed by atoms with E-state index in [0.717, 1.165) is 56.3 Å². The molecule has 29 heavy (non-hydrogen) atoms. The van der Waals surface area contributed by atoms with E-state index in [-0.39, 0.29) is 0 Å². The van der Waals surface area contributed by atoms with E-state index < -0.39 is 0 Å². The van der Waals surface area contributed by atoms with Crippen LogP contribution in [-0.2, 0) is 10.5 Å². The van der Waals surface area contributed by atoms with Gasteiger partial charge in [-0.2, -0.15) is 5.10 Å². The van der Waals surface area contributed by atoms with Crippen molar-refractivity contribution in [1.82, 2.24) is 4.90 Å².